The van der Waals surface area contributed by atoms with Gasteiger partial charge >= 0.3 is 0 Å². The SMILES string of the molecule is CC(c1ccncn1)N(C)C(=O)c1ccc(O)c(Cl)c1. The van der Waals surface area contributed by atoms with Crippen LogP contribution in [0.15, 0.2) is 36.8 Å². The molecule has 2 aromatic rings. The Balaban J connectivity index is 2.22. The lowest BCUT2D eigenvalue weighted by molar-refractivity contribution is 0.0739. The molecule has 104 valence electrons. The summed E-state index contributed by atoms with van der Waals surface area (Å²) in [6, 6.07) is 5.95. The van der Waals surface area contributed by atoms with Gasteiger partial charge in [0.05, 0.1) is 16.8 Å². The van der Waals surface area contributed by atoms with Crippen molar-refractivity contribution in [3.8, 4) is 5.75 Å². The molecule has 0 aliphatic carbocycles. The summed E-state index contributed by atoms with van der Waals surface area (Å²) < 4.78 is 0. The lowest BCUT2D eigenvalue weighted by Crippen LogP contribution is -2.30. The highest BCUT2D eigenvalue weighted by Gasteiger charge is 2.20. The van der Waals surface area contributed by atoms with Crippen molar-refractivity contribution in [1.82, 2.24) is 14.9 Å². The first-order chi connectivity index (χ1) is 9.50. The number of carbonyl (C=O) groups excluding carboxylic acids is 1. The number of phenolic OH excluding ortho intramolecular Hbond substituents is 1. The minimum Gasteiger partial charge on any atom is -0.506 e. The third kappa shape index (κ3) is 2.88. The minimum atomic E-state index is -0.196. The number of hydrogen-bond donors (Lipinski definition) is 1. The minimum absolute atomic E-state index is 0.0466. The van der Waals surface area contributed by atoms with E-state index in [1.165, 1.54) is 24.5 Å². The summed E-state index contributed by atoms with van der Waals surface area (Å²) >= 11 is 5.82. The first-order valence-corrected chi connectivity index (χ1v) is 6.40. The van der Waals surface area contributed by atoms with Gasteiger partial charge in [0.15, 0.2) is 0 Å². The monoisotopic (exact) mass is 291 g/mol. The van der Waals surface area contributed by atoms with E-state index in [9.17, 15) is 9.90 Å². The third-order valence-corrected chi connectivity index (χ3v) is 3.43. The molecule has 20 heavy (non-hydrogen) atoms. The predicted molar refractivity (Wildman–Crippen MR) is 75.7 cm³/mol. The van der Waals surface area contributed by atoms with E-state index >= 15 is 0 Å². The molecular formula is C14H14ClN3O2. The summed E-state index contributed by atoms with van der Waals surface area (Å²) in [5.41, 5.74) is 1.16. The van der Waals surface area contributed by atoms with E-state index in [0.717, 1.165) is 5.69 Å². The van der Waals surface area contributed by atoms with Crippen LogP contribution < -0.4 is 0 Å². The van der Waals surface area contributed by atoms with Crippen molar-refractivity contribution < 1.29 is 9.90 Å². The van der Waals surface area contributed by atoms with Crippen LogP contribution in [0, 0.1) is 0 Å². The molecule has 0 aliphatic heterocycles. The van der Waals surface area contributed by atoms with E-state index in [-0.39, 0.29) is 22.7 Å². The van der Waals surface area contributed by atoms with Crippen LogP contribution in [0.2, 0.25) is 5.02 Å². The summed E-state index contributed by atoms with van der Waals surface area (Å²) in [6.45, 7) is 1.88. The Hall–Kier alpha value is -2.14. The van der Waals surface area contributed by atoms with Crippen LogP contribution in [0.4, 0.5) is 0 Å². The number of amides is 1. The molecule has 0 aliphatic rings. The summed E-state index contributed by atoms with van der Waals surface area (Å²) in [5.74, 6) is -0.243. The molecule has 0 radical (unpaired) electrons. The predicted octanol–water partition coefficient (Wildman–Crippen LogP) is 2.67. The van der Waals surface area contributed by atoms with Gasteiger partial charge < -0.3 is 10.0 Å². The summed E-state index contributed by atoms with van der Waals surface area (Å²) in [4.78, 5) is 21.9. The zero-order valence-corrected chi connectivity index (χ0v) is 11.9. The Kier molecular flexibility index (Phi) is 4.20. The van der Waals surface area contributed by atoms with Gasteiger partial charge in [-0.2, -0.15) is 0 Å². The lowest BCUT2D eigenvalue weighted by Gasteiger charge is -2.24. The van der Waals surface area contributed by atoms with Crippen molar-refractivity contribution in [1.29, 1.82) is 0 Å². The molecular weight excluding hydrogens is 278 g/mol. The maximum atomic E-state index is 12.4. The molecule has 0 bridgehead atoms. The second-order valence-corrected chi connectivity index (χ2v) is 4.80. The highest BCUT2D eigenvalue weighted by atomic mass is 35.5. The van der Waals surface area contributed by atoms with Crippen LogP contribution in [-0.4, -0.2) is 32.9 Å². The summed E-state index contributed by atoms with van der Waals surface area (Å²) in [5, 5.41) is 9.53. The summed E-state index contributed by atoms with van der Waals surface area (Å²) in [7, 11) is 1.69. The number of rotatable bonds is 3. The van der Waals surface area contributed by atoms with Crippen LogP contribution in [-0.2, 0) is 0 Å². The first-order valence-electron chi connectivity index (χ1n) is 6.02. The van der Waals surface area contributed by atoms with E-state index in [4.69, 9.17) is 11.6 Å². The van der Waals surface area contributed by atoms with Gasteiger partial charge in [0, 0.05) is 18.8 Å². The highest BCUT2D eigenvalue weighted by molar-refractivity contribution is 6.32. The maximum Gasteiger partial charge on any atom is 0.254 e. The van der Waals surface area contributed by atoms with Crippen LogP contribution in [0.3, 0.4) is 0 Å². The molecule has 0 saturated heterocycles. The van der Waals surface area contributed by atoms with Gasteiger partial charge in [0.25, 0.3) is 5.91 Å². The molecule has 6 heteroatoms. The van der Waals surface area contributed by atoms with E-state index < -0.39 is 0 Å². The molecule has 1 atom stereocenters. The normalized spacial score (nSPS) is 11.9. The van der Waals surface area contributed by atoms with Crippen molar-refractivity contribution in [2.45, 2.75) is 13.0 Å². The molecule has 0 saturated carbocycles. The maximum absolute atomic E-state index is 12.4. The molecule has 1 aromatic heterocycles. The quantitative estimate of drug-likeness (QED) is 0.944. The molecule has 1 unspecified atom stereocenters. The second-order valence-electron chi connectivity index (χ2n) is 4.39. The fourth-order valence-corrected chi connectivity index (χ4v) is 1.95. The van der Waals surface area contributed by atoms with Crippen molar-refractivity contribution in [3.05, 3.63) is 53.1 Å². The van der Waals surface area contributed by atoms with Crippen molar-refractivity contribution in [3.63, 3.8) is 0 Å². The lowest BCUT2D eigenvalue weighted by atomic mass is 10.1. The zero-order valence-electron chi connectivity index (χ0n) is 11.1. The topological polar surface area (TPSA) is 66.3 Å². The molecule has 1 N–H and O–H groups in total. The van der Waals surface area contributed by atoms with Gasteiger partial charge in [-0.25, -0.2) is 9.97 Å². The Morgan fingerprint density at radius 3 is 2.75 bits per heavy atom. The summed E-state index contributed by atoms with van der Waals surface area (Å²) in [6.07, 6.45) is 3.08. The molecule has 1 aromatic carbocycles. The molecule has 1 amide bonds. The number of aromatic nitrogens is 2. The van der Waals surface area contributed by atoms with Gasteiger partial charge in [0.1, 0.15) is 12.1 Å². The Morgan fingerprint density at radius 1 is 1.40 bits per heavy atom. The largest absolute Gasteiger partial charge is 0.506 e. The van der Waals surface area contributed by atoms with E-state index in [0.29, 0.717) is 5.56 Å². The number of phenols is 1. The van der Waals surface area contributed by atoms with Crippen molar-refractivity contribution >= 4 is 17.5 Å². The number of nitrogens with zero attached hydrogens (tertiary/aromatic N) is 3. The Bertz CT molecular complexity index is 619. The van der Waals surface area contributed by atoms with Crippen LogP contribution >= 0.6 is 11.6 Å². The van der Waals surface area contributed by atoms with Gasteiger partial charge in [-0.05, 0) is 31.2 Å². The first kappa shape index (κ1) is 14.3. The van der Waals surface area contributed by atoms with Gasteiger partial charge in [0.2, 0.25) is 0 Å². The number of benzene rings is 1. The van der Waals surface area contributed by atoms with Crippen LogP contribution in [0.5, 0.6) is 5.75 Å². The average molecular weight is 292 g/mol. The number of hydrogen-bond acceptors (Lipinski definition) is 4. The number of aromatic hydroxyl groups is 1. The Morgan fingerprint density at radius 2 is 2.15 bits per heavy atom. The number of halogens is 1. The average Bonchev–Trinajstić information content (AvgIpc) is 2.48. The van der Waals surface area contributed by atoms with E-state index in [1.54, 1.807) is 24.2 Å². The smallest absolute Gasteiger partial charge is 0.254 e. The van der Waals surface area contributed by atoms with Crippen LogP contribution in [0.25, 0.3) is 0 Å². The van der Waals surface area contributed by atoms with Crippen molar-refractivity contribution in [2.75, 3.05) is 7.05 Å². The molecule has 0 spiro atoms. The number of carbonyl (C=O) groups is 1. The van der Waals surface area contributed by atoms with Gasteiger partial charge in [-0.3, -0.25) is 4.79 Å². The van der Waals surface area contributed by atoms with E-state index in [2.05, 4.69) is 9.97 Å². The van der Waals surface area contributed by atoms with Gasteiger partial charge in [-0.1, -0.05) is 11.6 Å². The van der Waals surface area contributed by atoms with E-state index in [1.807, 2.05) is 6.92 Å². The molecule has 5 nitrogen and oxygen atoms in total. The van der Waals surface area contributed by atoms with Gasteiger partial charge in [-0.15, -0.1) is 0 Å². The Labute approximate surface area is 121 Å². The standard InChI is InChI=1S/C14H14ClN3O2/c1-9(12-5-6-16-8-17-12)18(2)14(20)10-3-4-13(19)11(15)7-10/h3-9,19H,1-2H3. The van der Waals surface area contributed by atoms with Crippen LogP contribution in [0.1, 0.15) is 29.0 Å². The fourth-order valence-electron chi connectivity index (χ4n) is 1.77. The zero-order chi connectivity index (χ0) is 14.7. The fraction of sp³-hybridized carbons (Fsp3) is 0.214. The second kappa shape index (κ2) is 5.88. The molecule has 0 fully saturated rings. The molecule has 1 heterocycles. The highest BCUT2D eigenvalue weighted by Crippen LogP contribution is 2.25. The molecule has 2 rings (SSSR count). The third-order valence-electron chi connectivity index (χ3n) is 3.13. The van der Waals surface area contributed by atoms with Crippen molar-refractivity contribution in [2.24, 2.45) is 0 Å².